The number of furan rings is 1. The molecule has 0 fully saturated rings. The van der Waals surface area contributed by atoms with Crippen molar-refractivity contribution in [1.29, 1.82) is 5.26 Å². The summed E-state index contributed by atoms with van der Waals surface area (Å²) in [5.41, 5.74) is -0.660. The van der Waals surface area contributed by atoms with Crippen LogP contribution in [0.15, 0.2) is 70.7 Å². The van der Waals surface area contributed by atoms with Gasteiger partial charge in [0.15, 0.2) is 0 Å². The standard InChI is InChI=1S/C20H12N4O6/c21-12-13(20(25)22-16-6-2-4-8-18(16)24(28)29)11-14-9-10-19(30-14)15-5-1-3-7-17(15)23(26)27/h1-11H,(H,22,25)/b13-11+. The fourth-order valence-electron chi connectivity index (χ4n) is 2.64. The zero-order valence-corrected chi connectivity index (χ0v) is 15.1. The van der Waals surface area contributed by atoms with Crippen LogP contribution in [0.1, 0.15) is 5.76 Å². The molecule has 3 rings (SSSR count). The third-order valence-corrected chi connectivity index (χ3v) is 3.99. The van der Waals surface area contributed by atoms with Crippen LogP contribution in [-0.2, 0) is 4.79 Å². The number of nitrogens with zero attached hydrogens (tertiary/aromatic N) is 3. The van der Waals surface area contributed by atoms with Gasteiger partial charge < -0.3 is 9.73 Å². The van der Waals surface area contributed by atoms with E-state index in [9.17, 15) is 30.3 Å². The van der Waals surface area contributed by atoms with E-state index in [4.69, 9.17) is 4.42 Å². The van der Waals surface area contributed by atoms with Crippen molar-refractivity contribution in [3.8, 4) is 17.4 Å². The Balaban J connectivity index is 1.88. The maximum Gasteiger partial charge on any atom is 0.292 e. The maximum absolute atomic E-state index is 12.4. The monoisotopic (exact) mass is 404 g/mol. The summed E-state index contributed by atoms with van der Waals surface area (Å²) in [6, 6.07) is 16.1. The molecule has 148 valence electrons. The molecule has 0 aliphatic carbocycles. The van der Waals surface area contributed by atoms with Crippen molar-refractivity contribution in [2.45, 2.75) is 0 Å². The Morgan fingerprint density at radius 3 is 2.27 bits per heavy atom. The van der Waals surface area contributed by atoms with E-state index in [1.807, 2.05) is 0 Å². The summed E-state index contributed by atoms with van der Waals surface area (Å²) in [6.45, 7) is 0. The van der Waals surface area contributed by atoms with E-state index in [2.05, 4.69) is 5.32 Å². The quantitative estimate of drug-likeness (QED) is 0.278. The molecule has 0 radical (unpaired) electrons. The van der Waals surface area contributed by atoms with Crippen LogP contribution in [-0.4, -0.2) is 15.8 Å². The molecule has 1 aromatic heterocycles. The molecular weight excluding hydrogens is 392 g/mol. The van der Waals surface area contributed by atoms with Crippen molar-refractivity contribution >= 4 is 29.0 Å². The molecule has 2 aromatic carbocycles. The van der Waals surface area contributed by atoms with Crippen LogP contribution in [0, 0.1) is 31.6 Å². The van der Waals surface area contributed by atoms with Gasteiger partial charge in [-0.1, -0.05) is 24.3 Å². The van der Waals surface area contributed by atoms with Crippen LogP contribution < -0.4 is 5.32 Å². The summed E-state index contributed by atoms with van der Waals surface area (Å²) in [4.78, 5) is 33.4. The molecule has 0 atom stereocenters. The van der Waals surface area contributed by atoms with Gasteiger partial charge in [0.2, 0.25) is 0 Å². The highest BCUT2D eigenvalue weighted by molar-refractivity contribution is 6.10. The minimum atomic E-state index is -0.865. The molecule has 1 N–H and O–H groups in total. The molecule has 0 bridgehead atoms. The number of anilines is 1. The molecule has 0 saturated heterocycles. The number of nitro benzene ring substituents is 2. The molecule has 30 heavy (non-hydrogen) atoms. The molecule has 0 aliphatic heterocycles. The predicted octanol–water partition coefficient (Wildman–Crippen LogP) is 4.31. The molecule has 10 nitrogen and oxygen atoms in total. The lowest BCUT2D eigenvalue weighted by Gasteiger charge is -2.04. The lowest BCUT2D eigenvalue weighted by Crippen LogP contribution is -2.14. The average molecular weight is 404 g/mol. The van der Waals surface area contributed by atoms with E-state index < -0.39 is 15.8 Å². The third kappa shape index (κ3) is 4.20. The summed E-state index contributed by atoms with van der Waals surface area (Å²) in [7, 11) is 0. The second kappa shape index (κ2) is 8.49. The molecular formula is C20H12N4O6. The van der Waals surface area contributed by atoms with Crippen molar-refractivity contribution in [3.63, 3.8) is 0 Å². The van der Waals surface area contributed by atoms with E-state index in [0.717, 1.165) is 6.08 Å². The summed E-state index contributed by atoms with van der Waals surface area (Å²) >= 11 is 0. The number of nitro groups is 2. The fraction of sp³-hybridized carbons (Fsp3) is 0. The zero-order valence-electron chi connectivity index (χ0n) is 15.1. The second-order valence-electron chi connectivity index (χ2n) is 5.87. The fourth-order valence-corrected chi connectivity index (χ4v) is 2.64. The number of para-hydroxylation sites is 3. The van der Waals surface area contributed by atoms with Crippen molar-refractivity contribution in [2.24, 2.45) is 0 Å². The molecule has 3 aromatic rings. The Morgan fingerprint density at radius 1 is 0.967 bits per heavy atom. The minimum absolute atomic E-state index is 0.0614. The summed E-state index contributed by atoms with van der Waals surface area (Å²) in [5, 5.41) is 33.9. The van der Waals surface area contributed by atoms with Gasteiger partial charge in [-0.2, -0.15) is 5.26 Å². The van der Waals surface area contributed by atoms with E-state index in [1.54, 1.807) is 12.1 Å². The van der Waals surface area contributed by atoms with Gasteiger partial charge in [0.25, 0.3) is 17.3 Å². The van der Waals surface area contributed by atoms with E-state index in [1.165, 1.54) is 54.6 Å². The topological polar surface area (TPSA) is 152 Å². The number of hydrogen-bond donors (Lipinski definition) is 1. The molecule has 0 aliphatic rings. The number of nitrogens with one attached hydrogen (secondary N) is 1. The van der Waals surface area contributed by atoms with Gasteiger partial charge in [-0.15, -0.1) is 0 Å². The Kier molecular flexibility index (Phi) is 5.65. The molecule has 10 heteroatoms. The predicted molar refractivity (Wildman–Crippen MR) is 106 cm³/mol. The van der Waals surface area contributed by atoms with E-state index in [-0.39, 0.29) is 39.7 Å². The first-order valence-electron chi connectivity index (χ1n) is 8.41. The summed E-state index contributed by atoms with van der Waals surface area (Å²) < 4.78 is 5.54. The number of nitriles is 1. The number of carbonyl (C=O) groups is 1. The zero-order chi connectivity index (χ0) is 21.7. The maximum atomic E-state index is 12.4. The Bertz CT molecular complexity index is 1220. The number of rotatable bonds is 6. The van der Waals surface area contributed by atoms with E-state index >= 15 is 0 Å². The summed E-state index contributed by atoms with van der Waals surface area (Å²) in [5.74, 6) is -0.571. The second-order valence-corrected chi connectivity index (χ2v) is 5.87. The molecule has 0 saturated carbocycles. The highest BCUT2D eigenvalue weighted by Crippen LogP contribution is 2.31. The number of benzene rings is 2. The molecule has 1 heterocycles. The Morgan fingerprint density at radius 2 is 1.60 bits per heavy atom. The largest absolute Gasteiger partial charge is 0.456 e. The first-order chi connectivity index (χ1) is 14.4. The van der Waals surface area contributed by atoms with Crippen LogP contribution in [0.4, 0.5) is 17.1 Å². The third-order valence-electron chi connectivity index (χ3n) is 3.99. The van der Waals surface area contributed by atoms with Crippen molar-refractivity contribution in [1.82, 2.24) is 0 Å². The van der Waals surface area contributed by atoms with Gasteiger partial charge in [0.05, 0.1) is 15.4 Å². The van der Waals surface area contributed by atoms with Gasteiger partial charge in [0.1, 0.15) is 28.9 Å². The lowest BCUT2D eigenvalue weighted by molar-refractivity contribution is -0.384. The van der Waals surface area contributed by atoms with Crippen LogP contribution in [0.5, 0.6) is 0 Å². The van der Waals surface area contributed by atoms with Crippen molar-refractivity contribution in [2.75, 3.05) is 5.32 Å². The minimum Gasteiger partial charge on any atom is -0.456 e. The first kappa shape index (κ1) is 20.0. The Labute approximate surface area is 169 Å². The summed E-state index contributed by atoms with van der Waals surface area (Å²) in [6.07, 6.45) is 1.14. The average Bonchev–Trinajstić information content (AvgIpc) is 3.20. The van der Waals surface area contributed by atoms with E-state index in [0.29, 0.717) is 0 Å². The van der Waals surface area contributed by atoms with Gasteiger partial charge in [-0.3, -0.25) is 25.0 Å². The SMILES string of the molecule is N#C/C(=C\c1ccc(-c2ccccc2[N+](=O)[O-])o1)C(=O)Nc1ccccc1[N+](=O)[O-]. The van der Waals surface area contributed by atoms with Gasteiger partial charge in [-0.05, 0) is 24.3 Å². The van der Waals surface area contributed by atoms with Crippen molar-refractivity contribution < 1.29 is 19.1 Å². The number of amides is 1. The Hall–Kier alpha value is -4.78. The van der Waals surface area contributed by atoms with Crippen LogP contribution >= 0.6 is 0 Å². The van der Waals surface area contributed by atoms with Crippen molar-refractivity contribution in [3.05, 3.63) is 92.2 Å². The van der Waals surface area contributed by atoms with Gasteiger partial charge in [-0.25, -0.2) is 0 Å². The number of hydrogen-bond acceptors (Lipinski definition) is 7. The smallest absolute Gasteiger partial charge is 0.292 e. The molecule has 1 amide bonds. The van der Waals surface area contributed by atoms with Crippen LogP contribution in [0.25, 0.3) is 17.4 Å². The first-order valence-corrected chi connectivity index (χ1v) is 8.41. The normalized spacial score (nSPS) is 10.8. The molecule has 0 unspecified atom stereocenters. The van der Waals surface area contributed by atoms with Crippen LogP contribution in [0.2, 0.25) is 0 Å². The number of carbonyl (C=O) groups excluding carboxylic acids is 1. The highest BCUT2D eigenvalue weighted by atomic mass is 16.6. The lowest BCUT2D eigenvalue weighted by atomic mass is 10.1. The van der Waals surface area contributed by atoms with Gasteiger partial charge in [0, 0.05) is 18.2 Å². The van der Waals surface area contributed by atoms with Crippen LogP contribution in [0.3, 0.4) is 0 Å². The molecule has 0 spiro atoms. The van der Waals surface area contributed by atoms with Gasteiger partial charge >= 0.3 is 0 Å². The highest BCUT2D eigenvalue weighted by Gasteiger charge is 2.19.